The van der Waals surface area contributed by atoms with Crippen LogP contribution in [0.4, 0.5) is 8.78 Å². The van der Waals surface area contributed by atoms with Crippen molar-refractivity contribution in [1.82, 2.24) is 4.31 Å². The Kier molecular flexibility index (Phi) is 5.16. The molecule has 0 N–H and O–H groups in total. The van der Waals surface area contributed by atoms with Crippen molar-refractivity contribution in [3.05, 3.63) is 65.2 Å². The normalized spacial score (nSPS) is 12.1. The molecular weight excluding hydrogens is 320 g/mol. The Morgan fingerprint density at radius 2 is 1.61 bits per heavy atom. The van der Waals surface area contributed by atoms with Gasteiger partial charge >= 0.3 is 0 Å². The minimum absolute atomic E-state index is 0.0362. The van der Waals surface area contributed by atoms with Crippen molar-refractivity contribution in [2.75, 3.05) is 7.05 Å². The lowest BCUT2D eigenvalue weighted by atomic mass is 10.0. The maximum absolute atomic E-state index is 13.2. The molecule has 0 saturated carbocycles. The molecule has 0 atom stereocenters. The first kappa shape index (κ1) is 17.6. The fourth-order valence-electron chi connectivity index (χ4n) is 2.18. The summed E-state index contributed by atoms with van der Waals surface area (Å²) >= 11 is 0. The third-order valence-corrected chi connectivity index (χ3v) is 5.46. The van der Waals surface area contributed by atoms with E-state index in [1.54, 1.807) is 24.3 Å². The third-order valence-electron chi connectivity index (χ3n) is 3.64. The topological polar surface area (TPSA) is 37.4 Å². The minimum atomic E-state index is -3.69. The van der Waals surface area contributed by atoms with Gasteiger partial charge in [0.05, 0.1) is 4.90 Å². The highest BCUT2D eigenvalue weighted by Gasteiger charge is 2.21. The first-order valence-corrected chi connectivity index (χ1v) is 8.66. The van der Waals surface area contributed by atoms with Gasteiger partial charge in [-0.1, -0.05) is 32.0 Å². The second kappa shape index (κ2) is 6.76. The van der Waals surface area contributed by atoms with Gasteiger partial charge < -0.3 is 0 Å². The molecule has 0 unspecified atom stereocenters. The van der Waals surface area contributed by atoms with Gasteiger partial charge in [-0.2, -0.15) is 4.31 Å². The van der Waals surface area contributed by atoms with Gasteiger partial charge in [0.15, 0.2) is 11.6 Å². The van der Waals surface area contributed by atoms with Crippen LogP contribution in [0.2, 0.25) is 0 Å². The monoisotopic (exact) mass is 339 g/mol. The van der Waals surface area contributed by atoms with Crippen LogP contribution in [-0.4, -0.2) is 19.8 Å². The van der Waals surface area contributed by atoms with Crippen molar-refractivity contribution < 1.29 is 17.2 Å². The predicted octanol–water partition coefficient (Wildman–Crippen LogP) is 3.91. The molecule has 0 heterocycles. The van der Waals surface area contributed by atoms with E-state index in [0.717, 1.165) is 22.0 Å². The first-order chi connectivity index (χ1) is 10.7. The summed E-state index contributed by atoms with van der Waals surface area (Å²) in [5.41, 5.74) is 1.43. The zero-order chi connectivity index (χ0) is 17.2. The Morgan fingerprint density at radius 3 is 2.13 bits per heavy atom. The quantitative estimate of drug-likeness (QED) is 0.828. The second-order valence-corrected chi connectivity index (χ2v) is 7.78. The Morgan fingerprint density at radius 1 is 1.00 bits per heavy atom. The average Bonchev–Trinajstić information content (AvgIpc) is 2.51. The van der Waals surface area contributed by atoms with Crippen LogP contribution in [-0.2, 0) is 16.6 Å². The van der Waals surface area contributed by atoms with E-state index in [1.165, 1.54) is 13.1 Å². The minimum Gasteiger partial charge on any atom is -0.207 e. The molecule has 0 aliphatic carbocycles. The van der Waals surface area contributed by atoms with Crippen LogP contribution < -0.4 is 0 Å². The summed E-state index contributed by atoms with van der Waals surface area (Å²) < 4.78 is 52.3. The standard InChI is InChI=1S/C17H19F2NO2S/c1-12(2)14-5-7-15(8-6-14)23(21,22)20(3)11-13-4-9-16(18)17(19)10-13/h4-10,12H,11H2,1-3H3. The van der Waals surface area contributed by atoms with E-state index in [4.69, 9.17) is 0 Å². The van der Waals surface area contributed by atoms with Gasteiger partial charge in [-0.25, -0.2) is 17.2 Å². The fraction of sp³-hybridized carbons (Fsp3) is 0.294. The van der Waals surface area contributed by atoms with E-state index >= 15 is 0 Å². The van der Waals surface area contributed by atoms with Crippen LogP contribution in [0.1, 0.15) is 30.9 Å². The Balaban J connectivity index is 2.22. The number of hydrogen-bond donors (Lipinski definition) is 0. The van der Waals surface area contributed by atoms with Crippen molar-refractivity contribution in [1.29, 1.82) is 0 Å². The van der Waals surface area contributed by atoms with E-state index < -0.39 is 21.7 Å². The van der Waals surface area contributed by atoms with Crippen LogP contribution in [0, 0.1) is 11.6 Å². The molecule has 0 fully saturated rings. The van der Waals surface area contributed by atoms with Gasteiger partial charge in [-0.15, -0.1) is 0 Å². The number of nitrogens with zero attached hydrogens (tertiary/aromatic N) is 1. The summed E-state index contributed by atoms with van der Waals surface area (Å²) in [5.74, 6) is -1.63. The van der Waals surface area contributed by atoms with E-state index in [0.29, 0.717) is 11.5 Å². The number of benzene rings is 2. The number of rotatable bonds is 5. The largest absolute Gasteiger partial charge is 0.243 e. The molecule has 0 radical (unpaired) electrons. The lowest BCUT2D eigenvalue weighted by Crippen LogP contribution is -2.26. The van der Waals surface area contributed by atoms with Gasteiger partial charge in [-0.3, -0.25) is 0 Å². The van der Waals surface area contributed by atoms with Gasteiger partial charge in [0.1, 0.15) is 0 Å². The van der Waals surface area contributed by atoms with Crippen LogP contribution in [0.25, 0.3) is 0 Å². The fourth-order valence-corrected chi connectivity index (χ4v) is 3.34. The van der Waals surface area contributed by atoms with Crippen LogP contribution in [0.3, 0.4) is 0 Å². The summed E-state index contributed by atoms with van der Waals surface area (Å²) in [6.45, 7) is 4.02. The summed E-state index contributed by atoms with van der Waals surface area (Å²) in [5, 5.41) is 0. The Hall–Kier alpha value is -1.79. The average molecular weight is 339 g/mol. The smallest absolute Gasteiger partial charge is 0.207 e. The Labute approximate surface area is 135 Å². The van der Waals surface area contributed by atoms with Crippen LogP contribution in [0.5, 0.6) is 0 Å². The second-order valence-electron chi connectivity index (χ2n) is 5.73. The molecular formula is C17H19F2NO2S. The van der Waals surface area contributed by atoms with Gasteiger partial charge in [-0.05, 0) is 41.3 Å². The number of sulfonamides is 1. The van der Waals surface area contributed by atoms with E-state index in [2.05, 4.69) is 0 Å². The van der Waals surface area contributed by atoms with Crippen molar-refractivity contribution in [3.63, 3.8) is 0 Å². The zero-order valence-electron chi connectivity index (χ0n) is 13.3. The molecule has 2 aromatic rings. The first-order valence-electron chi connectivity index (χ1n) is 7.22. The molecule has 3 nitrogen and oxygen atoms in total. The lowest BCUT2D eigenvalue weighted by molar-refractivity contribution is 0.462. The molecule has 0 aliphatic rings. The molecule has 2 rings (SSSR count). The van der Waals surface area contributed by atoms with Gasteiger partial charge in [0.25, 0.3) is 0 Å². The molecule has 2 aromatic carbocycles. The summed E-state index contributed by atoms with van der Waals surface area (Å²) in [6.07, 6.45) is 0. The highest BCUT2D eigenvalue weighted by molar-refractivity contribution is 7.89. The molecule has 0 saturated heterocycles. The van der Waals surface area contributed by atoms with Crippen molar-refractivity contribution >= 4 is 10.0 Å². The number of hydrogen-bond acceptors (Lipinski definition) is 2. The summed E-state index contributed by atoms with van der Waals surface area (Å²) in [7, 11) is -2.28. The highest BCUT2D eigenvalue weighted by Crippen LogP contribution is 2.21. The van der Waals surface area contributed by atoms with E-state index in [9.17, 15) is 17.2 Å². The highest BCUT2D eigenvalue weighted by atomic mass is 32.2. The molecule has 0 aromatic heterocycles. The van der Waals surface area contributed by atoms with Crippen molar-refractivity contribution in [3.8, 4) is 0 Å². The van der Waals surface area contributed by atoms with Crippen molar-refractivity contribution in [2.45, 2.75) is 31.2 Å². The molecule has 124 valence electrons. The van der Waals surface area contributed by atoms with E-state index in [-0.39, 0.29) is 11.4 Å². The maximum Gasteiger partial charge on any atom is 0.243 e. The van der Waals surface area contributed by atoms with Crippen molar-refractivity contribution in [2.24, 2.45) is 0 Å². The summed E-state index contributed by atoms with van der Waals surface area (Å²) in [6, 6.07) is 10.0. The Bertz CT molecular complexity index is 787. The van der Waals surface area contributed by atoms with Gasteiger partial charge in [0, 0.05) is 13.6 Å². The van der Waals surface area contributed by atoms with E-state index in [1.807, 2.05) is 13.8 Å². The molecule has 0 aliphatic heterocycles. The summed E-state index contributed by atoms with van der Waals surface area (Å²) in [4.78, 5) is 0.173. The van der Waals surface area contributed by atoms with Crippen LogP contribution in [0.15, 0.2) is 47.4 Å². The molecule has 6 heteroatoms. The molecule has 0 bridgehead atoms. The molecule has 0 amide bonds. The zero-order valence-corrected chi connectivity index (χ0v) is 14.1. The third kappa shape index (κ3) is 3.95. The number of halogens is 2. The molecule has 0 spiro atoms. The maximum atomic E-state index is 13.2. The SMILES string of the molecule is CC(C)c1ccc(S(=O)(=O)N(C)Cc2ccc(F)c(F)c2)cc1. The van der Waals surface area contributed by atoms with Gasteiger partial charge in [0.2, 0.25) is 10.0 Å². The van der Waals surface area contributed by atoms with Crippen LogP contribution >= 0.6 is 0 Å². The lowest BCUT2D eigenvalue weighted by Gasteiger charge is -2.18. The molecule has 23 heavy (non-hydrogen) atoms. The predicted molar refractivity (Wildman–Crippen MR) is 85.5 cm³/mol.